The average molecular weight is 344 g/mol. The summed E-state index contributed by atoms with van der Waals surface area (Å²) in [6.45, 7) is 2.78. The molecule has 0 spiro atoms. The van der Waals surface area contributed by atoms with Crippen molar-refractivity contribution in [1.82, 2.24) is 0 Å². The molecule has 0 radical (unpaired) electrons. The molecule has 2 aromatic rings. The average Bonchev–Trinajstić information content (AvgIpc) is 2.72. The second kappa shape index (κ2) is 7.53. The number of aliphatic hydroxyl groups excluding tert-OH is 1. The number of carbonyl (C=O) groups excluding carboxylic acids is 1. The van der Waals surface area contributed by atoms with Gasteiger partial charge in [-0.1, -0.05) is 19.1 Å². The first-order valence-electron chi connectivity index (χ1n) is 8.24. The van der Waals surface area contributed by atoms with E-state index in [-0.39, 0.29) is 24.2 Å². The lowest BCUT2D eigenvalue weighted by Crippen LogP contribution is -2.38. The number of carbonyl (C=O) groups is 1. The Kier molecular flexibility index (Phi) is 5.19. The number of halogens is 1. The first-order chi connectivity index (χ1) is 12.0. The largest absolute Gasteiger partial charge is 0.491 e. The molecular weight excluding hydrogens is 323 g/mol. The van der Waals surface area contributed by atoms with Crippen molar-refractivity contribution in [2.24, 2.45) is 5.92 Å². The fourth-order valence-corrected chi connectivity index (χ4v) is 2.83. The summed E-state index contributed by atoms with van der Waals surface area (Å²) < 4.78 is 18.4. The van der Waals surface area contributed by atoms with Crippen LogP contribution in [-0.4, -0.2) is 36.8 Å². The summed E-state index contributed by atoms with van der Waals surface area (Å²) in [4.78, 5) is 14.1. The summed E-state index contributed by atoms with van der Waals surface area (Å²) in [6.07, 6.45) is -0.751. The van der Waals surface area contributed by atoms with E-state index in [1.807, 2.05) is 36.1 Å². The normalized spacial score (nSPS) is 18.1. The monoisotopic (exact) mass is 344 g/mol. The molecule has 25 heavy (non-hydrogen) atoms. The number of amides is 1. The topological polar surface area (TPSA) is 61.8 Å². The van der Waals surface area contributed by atoms with Gasteiger partial charge in [0.2, 0.25) is 5.91 Å². The molecular formula is C19H21FN2O3. The molecule has 1 amide bonds. The number of aliphatic hydroxyl groups is 1. The van der Waals surface area contributed by atoms with E-state index < -0.39 is 6.10 Å². The van der Waals surface area contributed by atoms with Crippen molar-refractivity contribution in [3.8, 4) is 5.75 Å². The lowest BCUT2D eigenvalue weighted by molar-refractivity contribution is -0.119. The van der Waals surface area contributed by atoms with E-state index >= 15 is 0 Å². The molecule has 2 atom stereocenters. The number of nitrogens with one attached hydrogen (secondary N) is 1. The molecule has 132 valence electrons. The van der Waals surface area contributed by atoms with E-state index in [0.717, 1.165) is 11.4 Å². The highest BCUT2D eigenvalue weighted by Gasteiger charge is 2.26. The van der Waals surface area contributed by atoms with Gasteiger partial charge < -0.3 is 20.1 Å². The zero-order valence-electron chi connectivity index (χ0n) is 14.0. The van der Waals surface area contributed by atoms with Gasteiger partial charge in [-0.15, -0.1) is 0 Å². The van der Waals surface area contributed by atoms with Crippen molar-refractivity contribution >= 4 is 17.3 Å². The van der Waals surface area contributed by atoms with Crippen molar-refractivity contribution in [1.29, 1.82) is 0 Å². The Bertz CT molecular complexity index is 736. The molecule has 5 nitrogen and oxygen atoms in total. The third-order valence-electron chi connectivity index (χ3n) is 4.13. The Morgan fingerprint density at radius 3 is 2.76 bits per heavy atom. The van der Waals surface area contributed by atoms with Crippen LogP contribution in [0.15, 0.2) is 48.5 Å². The molecule has 0 aromatic heterocycles. The first-order valence-corrected chi connectivity index (χ1v) is 8.24. The van der Waals surface area contributed by atoms with Crippen molar-refractivity contribution in [2.75, 3.05) is 29.9 Å². The molecule has 0 bridgehead atoms. The van der Waals surface area contributed by atoms with E-state index in [9.17, 15) is 14.3 Å². The number of benzene rings is 2. The van der Waals surface area contributed by atoms with E-state index in [4.69, 9.17) is 4.74 Å². The molecule has 6 heteroatoms. The summed E-state index contributed by atoms with van der Waals surface area (Å²) in [5.74, 6) is -0.0632. The van der Waals surface area contributed by atoms with Crippen molar-refractivity contribution < 1.29 is 19.0 Å². The number of para-hydroxylation sites is 2. The van der Waals surface area contributed by atoms with Crippen molar-refractivity contribution in [3.05, 3.63) is 54.3 Å². The van der Waals surface area contributed by atoms with Crippen LogP contribution in [0.3, 0.4) is 0 Å². The van der Waals surface area contributed by atoms with Gasteiger partial charge in [-0.05, 0) is 36.4 Å². The summed E-state index contributed by atoms with van der Waals surface area (Å²) in [5, 5.41) is 13.3. The van der Waals surface area contributed by atoms with Crippen LogP contribution in [0.1, 0.15) is 6.92 Å². The smallest absolute Gasteiger partial charge is 0.229 e. The lowest BCUT2D eigenvalue weighted by atomic mass is 10.1. The molecule has 0 saturated carbocycles. The summed E-state index contributed by atoms with van der Waals surface area (Å²) in [7, 11) is 0. The molecule has 0 aliphatic carbocycles. The van der Waals surface area contributed by atoms with Gasteiger partial charge in [0.1, 0.15) is 24.3 Å². The molecule has 3 rings (SSSR count). The number of hydrogen-bond donors (Lipinski definition) is 2. The van der Waals surface area contributed by atoms with Gasteiger partial charge in [-0.2, -0.15) is 0 Å². The number of hydrogen-bond acceptors (Lipinski definition) is 4. The van der Waals surface area contributed by atoms with Crippen LogP contribution in [0, 0.1) is 11.7 Å². The van der Waals surface area contributed by atoms with E-state index in [1.165, 1.54) is 24.3 Å². The minimum atomic E-state index is -0.751. The summed E-state index contributed by atoms with van der Waals surface area (Å²) >= 11 is 0. The molecule has 0 saturated heterocycles. The van der Waals surface area contributed by atoms with Gasteiger partial charge in [-0.3, -0.25) is 4.79 Å². The fraction of sp³-hybridized carbons (Fsp3) is 0.316. The molecule has 2 unspecified atom stereocenters. The molecule has 1 aliphatic heterocycles. The molecule has 2 aromatic carbocycles. The van der Waals surface area contributed by atoms with Crippen LogP contribution in [0.25, 0.3) is 0 Å². The van der Waals surface area contributed by atoms with Gasteiger partial charge in [0.05, 0.1) is 17.3 Å². The minimum absolute atomic E-state index is 0.0352. The van der Waals surface area contributed by atoms with Crippen LogP contribution >= 0.6 is 0 Å². The van der Waals surface area contributed by atoms with Gasteiger partial charge in [0.15, 0.2) is 0 Å². The number of ether oxygens (including phenoxy) is 1. The SMILES string of the molecule is CC1CN(CC(O)COc2ccc(F)cc2)c2ccccc2NC1=O. The molecule has 1 heterocycles. The number of anilines is 2. The Balaban J connectivity index is 1.66. The van der Waals surface area contributed by atoms with Gasteiger partial charge in [-0.25, -0.2) is 4.39 Å². The highest BCUT2D eigenvalue weighted by atomic mass is 19.1. The number of rotatable bonds is 5. The highest BCUT2D eigenvalue weighted by Crippen LogP contribution is 2.29. The maximum absolute atomic E-state index is 12.9. The van der Waals surface area contributed by atoms with E-state index in [0.29, 0.717) is 18.8 Å². The molecule has 2 N–H and O–H groups in total. The molecule has 0 fully saturated rings. The standard InChI is InChI=1S/C19H21FN2O3/c1-13-10-22(18-5-3-2-4-17(18)21-19(13)24)11-15(23)12-25-16-8-6-14(20)7-9-16/h2-9,13,15,23H,10-12H2,1H3,(H,21,24). The quantitative estimate of drug-likeness (QED) is 0.875. The fourth-order valence-electron chi connectivity index (χ4n) is 2.83. The predicted molar refractivity (Wildman–Crippen MR) is 94.4 cm³/mol. The highest BCUT2D eigenvalue weighted by molar-refractivity contribution is 5.97. The number of fused-ring (bicyclic) bond motifs is 1. The third kappa shape index (κ3) is 4.28. The maximum Gasteiger partial charge on any atom is 0.229 e. The number of β-amino-alcohol motifs (C(OH)–C–C–N with tert-alkyl or cyclic N) is 1. The Labute approximate surface area is 146 Å². The Morgan fingerprint density at radius 2 is 2.00 bits per heavy atom. The van der Waals surface area contributed by atoms with Gasteiger partial charge in [0, 0.05) is 13.1 Å². The van der Waals surface area contributed by atoms with Crippen LogP contribution in [0.2, 0.25) is 0 Å². The van der Waals surface area contributed by atoms with Crippen LogP contribution in [0.5, 0.6) is 5.75 Å². The first kappa shape index (κ1) is 17.2. The Morgan fingerprint density at radius 1 is 1.28 bits per heavy atom. The van der Waals surface area contributed by atoms with Crippen LogP contribution < -0.4 is 15.0 Å². The summed E-state index contributed by atoms with van der Waals surface area (Å²) in [5.41, 5.74) is 1.62. The van der Waals surface area contributed by atoms with Gasteiger partial charge >= 0.3 is 0 Å². The van der Waals surface area contributed by atoms with Crippen molar-refractivity contribution in [3.63, 3.8) is 0 Å². The van der Waals surface area contributed by atoms with Crippen LogP contribution in [-0.2, 0) is 4.79 Å². The lowest BCUT2D eigenvalue weighted by Gasteiger charge is -2.28. The zero-order valence-corrected chi connectivity index (χ0v) is 14.0. The Hall–Kier alpha value is -2.60. The third-order valence-corrected chi connectivity index (χ3v) is 4.13. The second-order valence-corrected chi connectivity index (χ2v) is 6.23. The van der Waals surface area contributed by atoms with Crippen molar-refractivity contribution in [2.45, 2.75) is 13.0 Å². The van der Waals surface area contributed by atoms with E-state index in [2.05, 4.69) is 5.32 Å². The van der Waals surface area contributed by atoms with Crippen LogP contribution in [0.4, 0.5) is 15.8 Å². The maximum atomic E-state index is 12.9. The molecule has 1 aliphatic rings. The predicted octanol–water partition coefficient (Wildman–Crippen LogP) is 2.66. The minimum Gasteiger partial charge on any atom is -0.491 e. The van der Waals surface area contributed by atoms with Gasteiger partial charge in [0.25, 0.3) is 0 Å². The zero-order chi connectivity index (χ0) is 17.8. The van der Waals surface area contributed by atoms with E-state index in [1.54, 1.807) is 0 Å². The number of nitrogens with zero attached hydrogens (tertiary/aromatic N) is 1. The second-order valence-electron chi connectivity index (χ2n) is 6.23. The summed E-state index contributed by atoms with van der Waals surface area (Å²) in [6, 6.07) is 13.2.